The molecule has 0 spiro atoms. The van der Waals surface area contributed by atoms with Gasteiger partial charge >= 0.3 is 0 Å². The number of carbonyl (C=O) groups excluding carboxylic acids is 2. The third-order valence-corrected chi connectivity index (χ3v) is 4.51. The van der Waals surface area contributed by atoms with Gasteiger partial charge in [-0.05, 0) is 56.9 Å². The Bertz CT molecular complexity index is 504. The van der Waals surface area contributed by atoms with E-state index in [1.807, 2.05) is 0 Å². The van der Waals surface area contributed by atoms with Crippen LogP contribution in [-0.2, 0) is 4.79 Å². The van der Waals surface area contributed by atoms with Crippen LogP contribution in [0.15, 0.2) is 24.3 Å². The SMILES string of the molecule is CC(=O)c1ccc(NC(=O)CN2C3CCC2CC3)cc1. The van der Waals surface area contributed by atoms with Gasteiger partial charge < -0.3 is 5.32 Å². The highest BCUT2D eigenvalue weighted by atomic mass is 16.2. The minimum atomic E-state index is 0.0384. The quantitative estimate of drug-likeness (QED) is 0.857. The third-order valence-electron chi connectivity index (χ3n) is 4.51. The van der Waals surface area contributed by atoms with Crippen LogP contribution in [0.4, 0.5) is 5.69 Å². The van der Waals surface area contributed by atoms with Gasteiger partial charge in [-0.1, -0.05) is 0 Å². The molecule has 2 aliphatic heterocycles. The van der Waals surface area contributed by atoms with Gasteiger partial charge in [0.25, 0.3) is 0 Å². The van der Waals surface area contributed by atoms with Crippen molar-refractivity contribution in [2.45, 2.75) is 44.7 Å². The molecule has 1 amide bonds. The number of benzene rings is 1. The van der Waals surface area contributed by atoms with Gasteiger partial charge in [0.2, 0.25) is 5.91 Å². The summed E-state index contributed by atoms with van der Waals surface area (Å²) in [6.45, 7) is 2.03. The molecular formula is C16H20N2O2. The summed E-state index contributed by atoms with van der Waals surface area (Å²) in [6, 6.07) is 8.30. The number of hydrogen-bond donors (Lipinski definition) is 1. The fourth-order valence-electron chi connectivity index (χ4n) is 3.43. The summed E-state index contributed by atoms with van der Waals surface area (Å²) in [5.41, 5.74) is 1.42. The second-order valence-corrected chi connectivity index (χ2v) is 5.82. The van der Waals surface area contributed by atoms with Crippen LogP contribution in [0.3, 0.4) is 0 Å². The van der Waals surface area contributed by atoms with Crippen LogP contribution in [0, 0.1) is 0 Å². The van der Waals surface area contributed by atoms with Crippen LogP contribution < -0.4 is 5.32 Å². The summed E-state index contributed by atoms with van der Waals surface area (Å²) in [6.07, 6.45) is 4.97. The van der Waals surface area contributed by atoms with E-state index in [0.717, 1.165) is 5.69 Å². The average Bonchev–Trinajstić information content (AvgIpc) is 2.99. The zero-order chi connectivity index (χ0) is 14.1. The number of anilines is 1. The number of nitrogens with one attached hydrogen (secondary N) is 1. The van der Waals surface area contributed by atoms with E-state index in [4.69, 9.17) is 0 Å². The van der Waals surface area contributed by atoms with Crippen molar-refractivity contribution in [1.82, 2.24) is 4.90 Å². The summed E-state index contributed by atoms with van der Waals surface area (Å²) in [5, 5.41) is 2.91. The number of amides is 1. The van der Waals surface area contributed by atoms with Crippen LogP contribution in [0.1, 0.15) is 43.0 Å². The van der Waals surface area contributed by atoms with Crippen molar-refractivity contribution >= 4 is 17.4 Å². The minimum absolute atomic E-state index is 0.0384. The Morgan fingerprint density at radius 3 is 2.15 bits per heavy atom. The van der Waals surface area contributed by atoms with Crippen LogP contribution in [0.5, 0.6) is 0 Å². The predicted octanol–water partition coefficient (Wildman–Crippen LogP) is 2.45. The largest absolute Gasteiger partial charge is 0.325 e. The minimum Gasteiger partial charge on any atom is -0.325 e. The van der Waals surface area contributed by atoms with E-state index in [1.165, 1.54) is 32.6 Å². The Hall–Kier alpha value is -1.68. The first-order valence-electron chi connectivity index (χ1n) is 7.30. The molecule has 4 nitrogen and oxygen atoms in total. The highest BCUT2D eigenvalue weighted by Crippen LogP contribution is 2.36. The predicted molar refractivity (Wildman–Crippen MR) is 77.8 cm³/mol. The summed E-state index contributed by atoms with van der Waals surface area (Å²) >= 11 is 0. The molecule has 106 valence electrons. The molecule has 1 N–H and O–H groups in total. The molecule has 2 heterocycles. The van der Waals surface area contributed by atoms with Crippen molar-refractivity contribution in [2.24, 2.45) is 0 Å². The van der Waals surface area contributed by atoms with E-state index >= 15 is 0 Å². The molecule has 2 bridgehead atoms. The average molecular weight is 272 g/mol. The second-order valence-electron chi connectivity index (χ2n) is 5.82. The highest BCUT2D eigenvalue weighted by molar-refractivity contribution is 5.96. The van der Waals surface area contributed by atoms with Crippen molar-refractivity contribution in [3.05, 3.63) is 29.8 Å². The van der Waals surface area contributed by atoms with E-state index in [-0.39, 0.29) is 11.7 Å². The molecule has 4 heteroatoms. The van der Waals surface area contributed by atoms with Crippen molar-refractivity contribution < 1.29 is 9.59 Å². The molecule has 0 saturated carbocycles. The zero-order valence-electron chi connectivity index (χ0n) is 11.8. The van der Waals surface area contributed by atoms with Crippen LogP contribution >= 0.6 is 0 Å². The van der Waals surface area contributed by atoms with E-state index in [0.29, 0.717) is 24.2 Å². The number of fused-ring (bicyclic) bond motifs is 2. The molecule has 0 atom stereocenters. The fraction of sp³-hybridized carbons (Fsp3) is 0.500. The summed E-state index contributed by atoms with van der Waals surface area (Å²) in [5.74, 6) is 0.0795. The number of hydrogen-bond acceptors (Lipinski definition) is 3. The van der Waals surface area contributed by atoms with Crippen LogP contribution in [0.2, 0.25) is 0 Å². The zero-order valence-corrected chi connectivity index (χ0v) is 11.8. The van der Waals surface area contributed by atoms with Crippen molar-refractivity contribution in [3.8, 4) is 0 Å². The third kappa shape index (κ3) is 2.61. The molecule has 0 aromatic heterocycles. The van der Waals surface area contributed by atoms with Gasteiger partial charge in [0.05, 0.1) is 6.54 Å². The van der Waals surface area contributed by atoms with Gasteiger partial charge in [-0.25, -0.2) is 0 Å². The van der Waals surface area contributed by atoms with Gasteiger partial charge in [-0.2, -0.15) is 0 Å². The first-order chi connectivity index (χ1) is 9.63. The van der Waals surface area contributed by atoms with Crippen LogP contribution in [0.25, 0.3) is 0 Å². The summed E-state index contributed by atoms with van der Waals surface area (Å²) in [4.78, 5) is 25.6. The standard InChI is InChI=1S/C16H20N2O2/c1-11(19)12-2-4-13(5-3-12)17-16(20)10-18-14-6-7-15(18)9-8-14/h2-5,14-15H,6-10H2,1H3,(H,17,20). The molecule has 0 unspecified atom stereocenters. The van der Waals surface area contributed by atoms with Gasteiger partial charge in [0.1, 0.15) is 0 Å². The maximum Gasteiger partial charge on any atom is 0.238 e. The second kappa shape index (κ2) is 5.37. The molecule has 0 radical (unpaired) electrons. The Labute approximate surface area is 119 Å². The van der Waals surface area contributed by atoms with Gasteiger partial charge in [-0.3, -0.25) is 14.5 Å². The number of rotatable bonds is 4. The molecule has 2 aliphatic rings. The van der Waals surface area contributed by atoms with Crippen molar-refractivity contribution in [1.29, 1.82) is 0 Å². The number of nitrogens with zero attached hydrogens (tertiary/aromatic N) is 1. The maximum absolute atomic E-state index is 12.1. The number of Topliss-reactive ketones (excluding diaryl/α,β-unsaturated/α-hetero) is 1. The lowest BCUT2D eigenvalue weighted by Gasteiger charge is -2.20. The molecule has 1 aromatic rings. The Morgan fingerprint density at radius 1 is 1.10 bits per heavy atom. The van der Waals surface area contributed by atoms with Crippen molar-refractivity contribution in [3.63, 3.8) is 0 Å². The molecular weight excluding hydrogens is 252 g/mol. The van der Waals surface area contributed by atoms with E-state index in [2.05, 4.69) is 10.2 Å². The lowest BCUT2D eigenvalue weighted by atomic mass is 10.0. The van der Waals surface area contributed by atoms with Gasteiger partial charge in [0.15, 0.2) is 5.78 Å². The van der Waals surface area contributed by atoms with Gasteiger partial charge in [0, 0.05) is 23.3 Å². The van der Waals surface area contributed by atoms with Crippen LogP contribution in [-0.4, -0.2) is 35.2 Å². The molecule has 2 fully saturated rings. The van der Waals surface area contributed by atoms with E-state index in [1.54, 1.807) is 24.3 Å². The Morgan fingerprint density at radius 2 is 1.65 bits per heavy atom. The molecule has 0 aliphatic carbocycles. The smallest absolute Gasteiger partial charge is 0.238 e. The molecule has 1 aromatic carbocycles. The monoisotopic (exact) mass is 272 g/mol. The topological polar surface area (TPSA) is 49.4 Å². The lowest BCUT2D eigenvalue weighted by Crippen LogP contribution is -2.36. The molecule has 20 heavy (non-hydrogen) atoms. The lowest BCUT2D eigenvalue weighted by molar-refractivity contribution is -0.117. The summed E-state index contributed by atoms with van der Waals surface area (Å²) < 4.78 is 0. The van der Waals surface area contributed by atoms with E-state index < -0.39 is 0 Å². The van der Waals surface area contributed by atoms with Crippen molar-refractivity contribution in [2.75, 3.05) is 11.9 Å². The highest BCUT2D eigenvalue weighted by Gasteiger charge is 2.39. The Kier molecular flexibility index (Phi) is 3.57. The maximum atomic E-state index is 12.1. The van der Waals surface area contributed by atoms with E-state index in [9.17, 15) is 9.59 Å². The first-order valence-corrected chi connectivity index (χ1v) is 7.30. The van der Waals surface area contributed by atoms with Gasteiger partial charge in [-0.15, -0.1) is 0 Å². The summed E-state index contributed by atoms with van der Waals surface area (Å²) in [7, 11) is 0. The number of ketones is 1. The molecule has 3 rings (SSSR count). The Balaban J connectivity index is 1.57. The first kappa shape index (κ1) is 13.3. The number of carbonyl (C=O) groups is 2. The fourth-order valence-corrected chi connectivity index (χ4v) is 3.43. The normalized spacial score (nSPS) is 24.9. The molecule has 2 saturated heterocycles.